The third-order valence-corrected chi connectivity index (χ3v) is 3.31. The number of carbonyl (C=O) groups excluding carboxylic acids is 1. The molecule has 1 aromatic rings. The van der Waals surface area contributed by atoms with Crippen molar-refractivity contribution in [3.05, 3.63) is 28.2 Å². The predicted molar refractivity (Wildman–Crippen MR) is 77.3 cm³/mol. The van der Waals surface area contributed by atoms with Crippen molar-refractivity contribution in [3.63, 3.8) is 0 Å². The van der Waals surface area contributed by atoms with Gasteiger partial charge in [-0.25, -0.2) is 0 Å². The normalized spacial score (nSPS) is 12.0. The highest BCUT2D eigenvalue weighted by molar-refractivity contribution is 9.10. The lowest BCUT2D eigenvalue weighted by Gasteiger charge is -2.17. The number of carbonyl (C=O) groups is 1. The van der Waals surface area contributed by atoms with E-state index in [1.807, 2.05) is 18.9 Å². The van der Waals surface area contributed by atoms with E-state index in [9.17, 15) is 4.79 Å². The third-order valence-electron chi connectivity index (χ3n) is 2.69. The quantitative estimate of drug-likeness (QED) is 0.755. The lowest BCUT2D eigenvalue weighted by Crippen LogP contribution is -2.29. The zero-order valence-corrected chi connectivity index (χ0v) is 12.9. The van der Waals surface area contributed by atoms with Crippen LogP contribution in [0.5, 0.6) is 5.75 Å². The van der Waals surface area contributed by atoms with Gasteiger partial charge < -0.3 is 4.74 Å². The number of hydrogen-bond acceptors (Lipinski definition) is 4. The minimum Gasteiger partial charge on any atom is -0.496 e. The first-order chi connectivity index (χ1) is 8.97. The number of halogens is 1. The van der Waals surface area contributed by atoms with Gasteiger partial charge in [-0.1, -0.05) is 0 Å². The number of rotatable bonds is 6. The Labute approximate surface area is 122 Å². The largest absolute Gasteiger partial charge is 0.496 e. The molecule has 0 bridgehead atoms. The molecule has 0 N–H and O–H groups in total. The fourth-order valence-electron chi connectivity index (χ4n) is 1.75. The lowest BCUT2D eigenvalue weighted by molar-refractivity contribution is 0.0942. The monoisotopic (exact) mass is 324 g/mol. The van der Waals surface area contributed by atoms with Crippen LogP contribution in [0.3, 0.4) is 0 Å². The lowest BCUT2D eigenvalue weighted by atomic mass is 10.1. The first-order valence-corrected chi connectivity index (χ1v) is 6.72. The number of ether oxygens (including phenoxy) is 1. The molecule has 0 spiro atoms. The molecule has 5 heteroatoms. The molecule has 0 fully saturated rings. The van der Waals surface area contributed by atoms with Crippen LogP contribution in [-0.4, -0.2) is 37.9 Å². The van der Waals surface area contributed by atoms with Gasteiger partial charge in [0.1, 0.15) is 5.75 Å². The molecular formula is C14H17BrN2O2. The van der Waals surface area contributed by atoms with Crippen LogP contribution < -0.4 is 4.74 Å². The highest BCUT2D eigenvalue weighted by Gasteiger charge is 2.13. The van der Waals surface area contributed by atoms with Crippen LogP contribution in [0.2, 0.25) is 0 Å². The second-order valence-corrected chi connectivity index (χ2v) is 5.35. The molecule has 0 saturated carbocycles. The van der Waals surface area contributed by atoms with Gasteiger partial charge >= 0.3 is 0 Å². The minimum atomic E-state index is -0.0830. The van der Waals surface area contributed by atoms with E-state index in [0.717, 1.165) is 4.47 Å². The number of Topliss-reactive ketones (excluding diaryl/α,β-unsaturated/α-hetero) is 1. The van der Waals surface area contributed by atoms with Crippen molar-refractivity contribution in [2.24, 2.45) is 5.92 Å². The zero-order valence-electron chi connectivity index (χ0n) is 11.3. The average Bonchev–Trinajstić information content (AvgIpc) is 2.38. The Kier molecular flexibility index (Phi) is 6.00. The fourth-order valence-corrected chi connectivity index (χ4v) is 2.29. The Morgan fingerprint density at radius 3 is 2.79 bits per heavy atom. The summed E-state index contributed by atoms with van der Waals surface area (Å²) >= 11 is 3.36. The molecule has 0 amide bonds. The van der Waals surface area contributed by atoms with Gasteiger partial charge in [0, 0.05) is 12.1 Å². The van der Waals surface area contributed by atoms with Crippen molar-refractivity contribution in [2.75, 3.05) is 27.2 Å². The smallest absolute Gasteiger partial charge is 0.176 e. The molecule has 19 heavy (non-hydrogen) atoms. The average molecular weight is 325 g/mol. The van der Waals surface area contributed by atoms with Gasteiger partial charge in [-0.2, -0.15) is 5.26 Å². The second-order valence-electron chi connectivity index (χ2n) is 4.50. The highest BCUT2D eigenvalue weighted by atomic mass is 79.9. The Hall–Kier alpha value is -1.38. The van der Waals surface area contributed by atoms with Crippen molar-refractivity contribution in [1.82, 2.24) is 4.90 Å². The molecule has 0 aliphatic heterocycles. The molecule has 0 aliphatic carbocycles. The van der Waals surface area contributed by atoms with Crippen LogP contribution in [0.1, 0.15) is 17.3 Å². The van der Waals surface area contributed by atoms with E-state index in [-0.39, 0.29) is 11.7 Å². The van der Waals surface area contributed by atoms with E-state index in [2.05, 4.69) is 22.0 Å². The fraction of sp³-hybridized carbons (Fsp3) is 0.429. The van der Waals surface area contributed by atoms with E-state index in [1.54, 1.807) is 25.3 Å². The SMILES string of the molecule is COc1ccc(C(=O)CN(C)CC(C)C#N)cc1Br. The Morgan fingerprint density at radius 2 is 2.26 bits per heavy atom. The molecule has 1 atom stereocenters. The van der Waals surface area contributed by atoms with Crippen LogP contribution >= 0.6 is 15.9 Å². The van der Waals surface area contributed by atoms with E-state index < -0.39 is 0 Å². The molecule has 102 valence electrons. The number of hydrogen-bond donors (Lipinski definition) is 0. The molecule has 0 aromatic heterocycles. The predicted octanol–water partition coefficient (Wildman–Crippen LogP) is 2.73. The maximum atomic E-state index is 12.1. The highest BCUT2D eigenvalue weighted by Crippen LogP contribution is 2.25. The van der Waals surface area contributed by atoms with Gasteiger partial charge in [-0.05, 0) is 48.1 Å². The van der Waals surface area contributed by atoms with E-state index in [1.165, 1.54) is 0 Å². The van der Waals surface area contributed by atoms with Crippen LogP contribution in [0.25, 0.3) is 0 Å². The van der Waals surface area contributed by atoms with Crippen LogP contribution in [0.4, 0.5) is 0 Å². The maximum absolute atomic E-state index is 12.1. The molecule has 4 nitrogen and oxygen atoms in total. The van der Waals surface area contributed by atoms with Crippen molar-refractivity contribution in [2.45, 2.75) is 6.92 Å². The van der Waals surface area contributed by atoms with Crippen molar-refractivity contribution < 1.29 is 9.53 Å². The maximum Gasteiger partial charge on any atom is 0.176 e. The van der Waals surface area contributed by atoms with E-state index in [4.69, 9.17) is 10.00 Å². The molecule has 0 aliphatic rings. The van der Waals surface area contributed by atoms with Gasteiger partial charge in [-0.3, -0.25) is 9.69 Å². The van der Waals surface area contributed by atoms with Gasteiger partial charge in [0.15, 0.2) is 5.78 Å². The molecule has 0 saturated heterocycles. The number of ketones is 1. The number of methoxy groups -OCH3 is 1. The standard InChI is InChI=1S/C14H17BrN2O2/c1-10(7-16)8-17(2)9-13(18)11-4-5-14(19-3)12(15)6-11/h4-6,10H,8-9H2,1-3H3. The van der Waals surface area contributed by atoms with Gasteiger partial charge in [0.05, 0.1) is 30.1 Å². The molecule has 1 unspecified atom stereocenters. The summed E-state index contributed by atoms with van der Waals surface area (Å²) in [6.07, 6.45) is 0. The Balaban J connectivity index is 2.68. The summed E-state index contributed by atoms with van der Waals surface area (Å²) in [6.45, 7) is 2.72. The Morgan fingerprint density at radius 1 is 1.58 bits per heavy atom. The summed E-state index contributed by atoms with van der Waals surface area (Å²) < 4.78 is 5.88. The Bertz CT molecular complexity index is 497. The molecule has 0 radical (unpaired) electrons. The zero-order chi connectivity index (χ0) is 14.4. The number of benzene rings is 1. The van der Waals surface area contributed by atoms with E-state index >= 15 is 0 Å². The summed E-state index contributed by atoms with van der Waals surface area (Å²) in [7, 11) is 3.42. The summed E-state index contributed by atoms with van der Waals surface area (Å²) in [4.78, 5) is 13.9. The molecule has 1 aromatic carbocycles. The number of nitriles is 1. The minimum absolute atomic E-state index is 0.0241. The second kappa shape index (κ2) is 7.27. The topological polar surface area (TPSA) is 53.3 Å². The molecule has 1 rings (SSSR count). The van der Waals surface area contributed by atoms with Crippen molar-refractivity contribution in [1.29, 1.82) is 5.26 Å². The summed E-state index contributed by atoms with van der Waals surface area (Å²) in [5.41, 5.74) is 0.629. The van der Waals surface area contributed by atoms with E-state index in [0.29, 0.717) is 24.4 Å². The summed E-state index contributed by atoms with van der Waals surface area (Å²) in [5, 5.41) is 8.75. The first-order valence-electron chi connectivity index (χ1n) is 5.92. The van der Waals surface area contributed by atoms with Gasteiger partial charge in [0.25, 0.3) is 0 Å². The molecule has 0 heterocycles. The van der Waals surface area contributed by atoms with Gasteiger partial charge in [-0.15, -0.1) is 0 Å². The summed E-state index contributed by atoms with van der Waals surface area (Å²) in [5.74, 6) is 0.638. The van der Waals surface area contributed by atoms with Gasteiger partial charge in [0.2, 0.25) is 0 Å². The first kappa shape index (κ1) is 15.7. The summed E-state index contributed by atoms with van der Waals surface area (Å²) in [6, 6.07) is 7.41. The molecular weight excluding hydrogens is 308 g/mol. The van der Waals surface area contributed by atoms with Crippen LogP contribution in [0.15, 0.2) is 22.7 Å². The van der Waals surface area contributed by atoms with Crippen molar-refractivity contribution >= 4 is 21.7 Å². The number of likely N-dealkylation sites (N-methyl/N-ethyl adjacent to an activating group) is 1. The van der Waals surface area contributed by atoms with Crippen molar-refractivity contribution in [3.8, 4) is 11.8 Å². The van der Waals surface area contributed by atoms with Crippen LogP contribution in [-0.2, 0) is 0 Å². The third kappa shape index (κ3) is 4.66. The number of nitrogens with zero attached hydrogens (tertiary/aromatic N) is 2. The van der Waals surface area contributed by atoms with Crippen LogP contribution in [0, 0.1) is 17.2 Å².